The van der Waals surface area contributed by atoms with E-state index in [1.54, 1.807) is 0 Å². The van der Waals surface area contributed by atoms with Crippen molar-refractivity contribution >= 4 is 17.7 Å². The second-order valence-corrected chi connectivity index (χ2v) is 4.91. The predicted octanol–water partition coefficient (Wildman–Crippen LogP) is 2.11. The average Bonchev–Trinajstić information content (AvgIpc) is 2.38. The van der Waals surface area contributed by atoms with Gasteiger partial charge in [0.25, 0.3) is 0 Å². The van der Waals surface area contributed by atoms with Crippen LogP contribution in [0.5, 0.6) is 0 Å². The molecular formula is C15H20O5. The van der Waals surface area contributed by atoms with E-state index in [1.807, 2.05) is 6.92 Å². The van der Waals surface area contributed by atoms with Crippen molar-refractivity contribution in [3.8, 4) is 0 Å². The van der Waals surface area contributed by atoms with Crippen LogP contribution in [0.25, 0.3) is 0 Å². The topological polar surface area (TPSA) is 69.7 Å². The van der Waals surface area contributed by atoms with Crippen LogP contribution in [0.15, 0.2) is 23.8 Å². The van der Waals surface area contributed by atoms with Crippen LogP contribution in [0, 0.1) is 0 Å². The molecule has 1 aliphatic rings. The molecule has 0 amide bonds. The molecule has 0 saturated heterocycles. The molecule has 0 aromatic rings. The fraction of sp³-hybridized carbons (Fsp3) is 0.533. The molecular weight excluding hydrogens is 260 g/mol. The van der Waals surface area contributed by atoms with Crippen LogP contribution in [-0.4, -0.2) is 30.4 Å². The first-order valence-electron chi connectivity index (χ1n) is 6.65. The van der Waals surface area contributed by atoms with E-state index in [-0.39, 0.29) is 12.4 Å². The summed E-state index contributed by atoms with van der Waals surface area (Å²) < 4.78 is 9.96. The number of carbonyl (C=O) groups is 3. The SMILES string of the molecule is C=C(C)CCOC(=O)[C@H](C)OC(=O)C1=CC(=O)CCC1. The quantitative estimate of drug-likeness (QED) is 0.550. The van der Waals surface area contributed by atoms with Crippen molar-refractivity contribution < 1.29 is 23.9 Å². The number of ether oxygens (including phenoxy) is 2. The molecule has 20 heavy (non-hydrogen) atoms. The fourth-order valence-corrected chi connectivity index (χ4v) is 1.68. The first-order valence-corrected chi connectivity index (χ1v) is 6.65. The molecule has 0 N–H and O–H groups in total. The summed E-state index contributed by atoms with van der Waals surface area (Å²) in [5, 5.41) is 0. The molecule has 0 heterocycles. The first kappa shape index (κ1) is 16.1. The predicted molar refractivity (Wildman–Crippen MR) is 72.9 cm³/mol. The average molecular weight is 280 g/mol. The monoisotopic (exact) mass is 280 g/mol. The smallest absolute Gasteiger partial charge is 0.347 e. The third-order valence-corrected chi connectivity index (χ3v) is 2.86. The second kappa shape index (κ2) is 7.62. The lowest BCUT2D eigenvalue weighted by Crippen LogP contribution is -2.28. The maximum Gasteiger partial charge on any atom is 0.347 e. The molecule has 5 nitrogen and oxygen atoms in total. The van der Waals surface area contributed by atoms with E-state index >= 15 is 0 Å². The zero-order valence-corrected chi connectivity index (χ0v) is 11.9. The van der Waals surface area contributed by atoms with Crippen LogP contribution in [-0.2, 0) is 23.9 Å². The highest BCUT2D eigenvalue weighted by atomic mass is 16.6. The number of carbonyl (C=O) groups excluding carboxylic acids is 3. The van der Waals surface area contributed by atoms with Crippen molar-refractivity contribution in [2.45, 2.75) is 45.6 Å². The molecule has 1 rings (SSSR count). The van der Waals surface area contributed by atoms with Gasteiger partial charge in [-0.1, -0.05) is 5.57 Å². The van der Waals surface area contributed by atoms with Crippen molar-refractivity contribution in [2.75, 3.05) is 6.61 Å². The molecule has 1 atom stereocenters. The minimum absolute atomic E-state index is 0.0834. The maximum atomic E-state index is 11.8. The van der Waals surface area contributed by atoms with Gasteiger partial charge in [0.15, 0.2) is 11.9 Å². The number of hydrogen-bond acceptors (Lipinski definition) is 5. The van der Waals surface area contributed by atoms with Gasteiger partial charge in [-0.2, -0.15) is 0 Å². The minimum Gasteiger partial charge on any atom is -0.463 e. The highest BCUT2D eigenvalue weighted by molar-refractivity contribution is 6.01. The van der Waals surface area contributed by atoms with E-state index < -0.39 is 18.0 Å². The summed E-state index contributed by atoms with van der Waals surface area (Å²) in [5.74, 6) is -1.30. The molecule has 5 heteroatoms. The Labute approximate surface area is 118 Å². The van der Waals surface area contributed by atoms with E-state index in [1.165, 1.54) is 13.0 Å². The van der Waals surface area contributed by atoms with E-state index in [0.29, 0.717) is 31.3 Å². The molecule has 0 aromatic heterocycles. The molecule has 0 fully saturated rings. The first-order chi connectivity index (χ1) is 9.40. The van der Waals surface area contributed by atoms with Gasteiger partial charge in [0.05, 0.1) is 6.61 Å². The van der Waals surface area contributed by atoms with E-state index in [0.717, 1.165) is 5.57 Å². The van der Waals surface area contributed by atoms with Crippen molar-refractivity contribution in [1.29, 1.82) is 0 Å². The van der Waals surface area contributed by atoms with Crippen LogP contribution >= 0.6 is 0 Å². The molecule has 0 unspecified atom stereocenters. The zero-order chi connectivity index (χ0) is 15.1. The highest BCUT2D eigenvalue weighted by Gasteiger charge is 2.23. The van der Waals surface area contributed by atoms with Gasteiger partial charge in [-0.3, -0.25) is 4.79 Å². The summed E-state index contributed by atoms with van der Waals surface area (Å²) in [5.41, 5.74) is 1.23. The minimum atomic E-state index is -0.981. The Balaban J connectivity index is 2.42. The molecule has 110 valence electrons. The summed E-state index contributed by atoms with van der Waals surface area (Å²) in [4.78, 5) is 34.6. The summed E-state index contributed by atoms with van der Waals surface area (Å²) in [6, 6.07) is 0. The summed E-state index contributed by atoms with van der Waals surface area (Å²) >= 11 is 0. The molecule has 0 radical (unpaired) electrons. The Hall–Kier alpha value is -1.91. The van der Waals surface area contributed by atoms with E-state index in [2.05, 4.69) is 6.58 Å². The standard InChI is InChI=1S/C15H20O5/c1-10(2)7-8-19-14(17)11(3)20-15(18)12-5-4-6-13(16)9-12/h9,11H,1,4-8H2,2-3H3/t11-/m0/s1. The number of hydrogen-bond donors (Lipinski definition) is 0. The van der Waals surface area contributed by atoms with E-state index in [4.69, 9.17) is 9.47 Å². The lowest BCUT2D eigenvalue weighted by Gasteiger charge is -2.15. The van der Waals surface area contributed by atoms with Crippen molar-refractivity contribution in [2.24, 2.45) is 0 Å². The van der Waals surface area contributed by atoms with Crippen LogP contribution in [0.4, 0.5) is 0 Å². The maximum absolute atomic E-state index is 11.8. The third-order valence-electron chi connectivity index (χ3n) is 2.86. The second-order valence-electron chi connectivity index (χ2n) is 4.91. The van der Waals surface area contributed by atoms with Crippen LogP contribution in [0.3, 0.4) is 0 Å². The summed E-state index contributed by atoms with van der Waals surface area (Å²) in [6.07, 6.45) is 2.48. The summed E-state index contributed by atoms with van der Waals surface area (Å²) in [6.45, 7) is 7.20. The lowest BCUT2D eigenvalue weighted by molar-refractivity contribution is -0.164. The molecule has 1 aliphatic carbocycles. The van der Waals surface area contributed by atoms with Gasteiger partial charge in [-0.15, -0.1) is 6.58 Å². The number of rotatable bonds is 6. The molecule has 0 spiro atoms. The Kier molecular flexibility index (Phi) is 6.15. The van der Waals surface area contributed by atoms with Crippen LogP contribution in [0.2, 0.25) is 0 Å². The van der Waals surface area contributed by atoms with Crippen LogP contribution < -0.4 is 0 Å². The Bertz CT molecular complexity index is 447. The van der Waals surface area contributed by atoms with Crippen LogP contribution in [0.1, 0.15) is 39.5 Å². The lowest BCUT2D eigenvalue weighted by atomic mass is 9.99. The van der Waals surface area contributed by atoms with Gasteiger partial charge in [-0.25, -0.2) is 9.59 Å². The van der Waals surface area contributed by atoms with Gasteiger partial charge in [0.2, 0.25) is 0 Å². The number of esters is 2. The highest BCUT2D eigenvalue weighted by Crippen LogP contribution is 2.17. The largest absolute Gasteiger partial charge is 0.463 e. The van der Waals surface area contributed by atoms with Gasteiger partial charge in [0, 0.05) is 18.4 Å². The molecule has 0 aliphatic heterocycles. The Morgan fingerprint density at radius 2 is 2.10 bits per heavy atom. The number of allylic oxidation sites excluding steroid dienone is 1. The van der Waals surface area contributed by atoms with Crippen molar-refractivity contribution in [3.63, 3.8) is 0 Å². The van der Waals surface area contributed by atoms with Crippen molar-refractivity contribution in [3.05, 3.63) is 23.8 Å². The van der Waals surface area contributed by atoms with Gasteiger partial charge in [0.1, 0.15) is 0 Å². The normalized spacial score (nSPS) is 16.1. The van der Waals surface area contributed by atoms with Gasteiger partial charge < -0.3 is 9.47 Å². The zero-order valence-electron chi connectivity index (χ0n) is 11.9. The summed E-state index contributed by atoms with van der Waals surface area (Å²) in [7, 11) is 0. The third kappa shape index (κ3) is 5.38. The molecule has 0 bridgehead atoms. The molecule has 0 aromatic carbocycles. The fourth-order valence-electron chi connectivity index (χ4n) is 1.68. The Morgan fingerprint density at radius 3 is 2.70 bits per heavy atom. The van der Waals surface area contributed by atoms with Gasteiger partial charge >= 0.3 is 11.9 Å². The molecule has 0 saturated carbocycles. The van der Waals surface area contributed by atoms with E-state index in [9.17, 15) is 14.4 Å². The number of ketones is 1. The van der Waals surface area contributed by atoms with Crippen molar-refractivity contribution in [1.82, 2.24) is 0 Å². The Morgan fingerprint density at radius 1 is 1.40 bits per heavy atom. The van der Waals surface area contributed by atoms with Gasteiger partial charge in [-0.05, 0) is 32.8 Å².